The van der Waals surface area contributed by atoms with Gasteiger partial charge in [0.25, 0.3) is 0 Å². The van der Waals surface area contributed by atoms with E-state index in [9.17, 15) is 5.11 Å². The first-order valence-electron chi connectivity index (χ1n) is 6.77. The minimum atomic E-state index is -0.529. The van der Waals surface area contributed by atoms with Crippen LogP contribution in [0.5, 0.6) is 11.5 Å². The molecule has 0 bridgehead atoms. The first-order valence-corrected chi connectivity index (χ1v) is 6.77. The first-order chi connectivity index (χ1) is 9.69. The van der Waals surface area contributed by atoms with Crippen LogP contribution < -0.4 is 9.47 Å². The minimum absolute atomic E-state index is 0.105. The predicted octanol–water partition coefficient (Wildman–Crippen LogP) is 3.56. The van der Waals surface area contributed by atoms with Crippen molar-refractivity contribution in [2.75, 3.05) is 7.11 Å². The van der Waals surface area contributed by atoms with Gasteiger partial charge in [-0.25, -0.2) is 0 Å². The zero-order valence-corrected chi connectivity index (χ0v) is 11.7. The van der Waals surface area contributed by atoms with Crippen LogP contribution in [-0.4, -0.2) is 12.2 Å². The van der Waals surface area contributed by atoms with E-state index in [1.165, 1.54) is 5.56 Å². The molecule has 3 rings (SSSR count). The lowest BCUT2D eigenvalue weighted by molar-refractivity contribution is 0.0652. The molecule has 1 aliphatic heterocycles. The van der Waals surface area contributed by atoms with Gasteiger partial charge in [0.15, 0.2) is 0 Å². The number of fused-ring (bicyclic) bond motifs is 1. The molecule has 104 valence electrons. The van der Waals surface area contributed by atoms with E-state index in [2.05, 4.69) is 19.1 Å². The van der Waals surface area contributed by atoms with Crippen LogP contribution in [0.2, 0.25) is 0 Å². The predicted molar refractivity (Wildman–Crippen MR) is 77.1 cm³/mol. The number of ether oxygens (including phenoxy) is 2. The van der Waals surface area contributed by atoms with Crippen LogP contribution in [0.1, 0.15) is 35.3 Å². The van der Waals surface area contributed by atoms with Gasteiger partial charge < -0.3 is 14.6 Å². The molecular weight excluding hydrogens is 252 g/mol. The van der Waals surface area contributed by atoms with E-state index >= 15 is 0 Å². The topological polar surface area (TPSA) is 38.7 Å². The summed E-state index contributed by atoms with van der Waals surface area (Å²) < 4.78 is 11.2. The Balaban J connectivity index is 1.95. The maximum Gasteiger partial charge on any atom is 0.127 e. The Labute approximate surface area is 118 Å². The van der Waals surface area contributed by atoms with E-state index in [1.807, 2.05) is 30.3 Å². The van der Waals surface area contributed by atoms with Gasteiger partial charge in [0, 0.05) is 12.0 Å². The number of aliphatic hydroxyl groups excluding tert-OH is 1. The Morgan fingerprint density at radius 1 is 1.15 bits per heavy atom. The molecule has 1 aliphatic rings. The monoisotopic (exact) mass is 270 g/mol. The van der Waals surface area contributed by atoms with Gasteiger partial charge in [-0.1, -0.05) is 24.3 Å². The molecule has 1 heterocycles. The molecule has 0 saturated heterocycles. The minimum Gasteiger partial charge on any atom is -0.497 e. The molecule has 0 amide bonds. The van der Waals surface area contributed by atoms with Gasteiger partial charge in [0.05, 0.1) is 13.2 Å². The lowest BCUT2D eigenvalue weighted by atomic mass is 9.93. The van der Waals surface area contributed by atoms with Crippen LogP contribution >= 0.6 is 0 Å². The van der Waals surface area contributed by atoms with Gasteiger partial charge in [-0.05, 0) is 36.2 Å². The van der Waals surface area contributed by atoms with E-state index in [-0.39, 0.29) is 6.10 Å². The number of hydrogen-bond acceptors (Lipinski definition) is 3. The molecular formula is C17H18O3. The van der Waals surface area contributed by atoms with Crippen LogP contribution in [0.15, 0.2) is 42.5 Å². The Kier molecular flexibility index (Phi) is 3.36. The number of hydrogen-bond donors (Lipinski definition) is 1. The highest BCUT2D eigenvalue weighted by molar-refractivity contribution is 5.44. The molecule has 1 N–H and O–H groups in total. The fourth-order valence-electron chi connectivity index (χ4n) is 2.69. The number of methoxy groups -OCH3 is 1. The Hall–Kier alpha value is -2.00. The van der Waals surface area contributed by atoms with Crippen molar-refractivity contribution in [3.63, 3.8) is 0 Å². The molecule has 0 aromatic heterocycles. The van der Waals surface area contributed by atoms with Gasteiger partial charge in [-0.15, -0.1) is 0 Å². The Morgan fingerprint density at radius 2 is 1.95 bits per heavy atom. The molecule has 0 fully saturated rings. The quantitative estimate of drug-likeness (QED) is 0.906. The Morgan fingerprint density at radius 3 is 2.70 bits per heavy atom. The van der Waals surface area contributed by atoms with Gasteiger partial charge in [0.1, 0.15) is 17.6 Å². The zero-order valence-electron chi connectivity index (χ0n) is 11.7. The summed E-state index contributed by atoms with van der Waals surface area (Å²) in [4.78, 5) is 0. The van der Waals surface area contributed by atoms with Crippen LogP contribution in [0.4, 0.5) is 0 Å². The van der Waals surface area contributed by atoms with Crippen LogP contribution in [0.25, 0.3) is 0 Å². The molecule has 3 nitrogen and oxygen atoms in total. The lowest BCUT2D eigenvalue weighted by Crippen LogP contribution is -2.19. The first kappa shape index (κ1) is 13.0. The average molecular weight is 270 g/mol. The van der Waals surface area contributed by atoms with E-state index in [4.69, 9.17) is 9.47 Å². The fraction of sp³-hybridized carbons (Fsp3) is 0.294. The lowest BCUT2D eigenvalue weighted by Gasteiger charge is -2.31. The van der Waals surface area contributed by atoms with E-state index in [0.717, 1.165) is 22.6 Å². The normalized spacial score (nSPS) is 20.9. The van der Waals surface area contributed by atoms with Crippen LogP contribution in [0, 0.1) is 6.92 Å². The summed E-state index contributed by atoms with van der Waals surface area (Å²) in [6, 6.07) is 13.7. The summed E-state index contributed by atoms with van der Waals surface area (Å²) in [6.45, 7) is 2.06. The molecule has 0 radical (unpaired) electrons. The molecule has 20 heavy (non-hydrogen) atoms. The van der Waals surface area contributed by atoms with Crippen LogP contribution in [0.3, 0.4) is 0 Å². The molecule has 0 saturated carbocycles. The third-order valence-electron chi connectivity index (χ3n) is 3.82. The van der Waals surface area contributed by atoms with Crippen molar-refractivity contribution < 1.29 is 14.6 Å². The third-order valence-corrected chi connectivity index (χ3v) is 3.82. The maximum atomic E-state index is 10.4. The summed E-state index contributed by atoms with van der Waals surface area (Å²) >= 11 is 0. The number of rotatable bonds is 2. The second kappa shape index (κ2) is 5.17. The SMILES string of the molecule is COc1ccc2c(c1)C(O)CC(c1ccccc1C)O2. The largest absolute Gasteiger partial charge is 0.497 e. The fourth-order valence-corrected chi connectivity index (χ4v) is 2.69. The van der Waals surface area contributed by atoms with E-state index in [1.54, 1.807) is 7.11 Å². The molecule has 2 aromatic rings. The second-order valence-electron chi connectivity index (χ2n) is 5.12. The highest BCUT2D eigenvalue weighted by atomic mass is 16.5. The summed E-state index contributed by atoms with van der Waals surface area (Å²) in [5.74, 6) is 1.47. The smallest absolute Gasteiger partial charge is 0.127 e. The van der Waals surface area contributed by atoms with Gasteiger partial charge >= 0.3 is 0 Å². The third kappa shape index (κ3) is 2.25. The Bertz CT molecular complexity index is 621. The second-order valence-corrected chi connectivity index (χ2v) is 5.12. The molecule has 2 unspecified atom stereocenters. The maximum absolute atomic E-state index is 10.4. The highest BCUT2D eigenvalue weighted by Crippen LogP contribution is 2.42. The molecule has 0 spiro atoms. The number of benzene rings is 2. The average Bonchev–Trinajstić information content (AvgIpc) is 2.47. The van der Waals surface area contributed by atoms with Crippen molar-refractivity contribution in [1.82, 2.24) is 0 Å². The van der Waals surface area contributed by atoms with Gasteiger partial charge in [-0.2, -0.15) is 0 Å². The summed E-state index contributed by atoms with van der Waals surface area (Å²) in [5, 5.41) is 10.4. The van der Waals surface area contributed by atoms with Crippen molar-refractivity contribution in [2.24, 2.45) is 0 Å². The van der Waals surface area contributed by atoms with Crippen LogP contribution in [-0.2, 0) is 0 Å². The van der Waals surface area contributed by atoms with Gasteiger partial charge in [-0.3, -0.25) is 0 Å². The van der Waals surface area contributed by atoms with E-state index < -0.39 is 6.10 Å². The zero-order chi connectivity index (χ0) is 14.1. The van der Waals surface area contributed by atoms with Crippen molar-refractivity contribution in [1.29, 1.82) is 0 Å². The van der Waals surface area contributed by atoms with Crippen molar-refractivity contribution in [3.8, 4) is 11.5 Å². The van der Waals surface area contributed by atoms with Crippen molar-refractivity contribution in [2.45, 2.75) is 25.6 Å². The van der Waals surface area contributed by atoms with E-state index in [0.29, 0.717) is 6.42 Å². The van der Waals surface area contributed by atoms with Gasteiger partial charge in [0.2, 0.25) is 0 Å². The van der Waals surface area contributed by atoms with Crippen molar-refractivity contribution in [3.05, 3.63) is 59.2 Å². The standard InChI is InChI=1S/C17H18O3/c1-11-5-3-4-6-13(11)17-10-15(18)14-9-12(19-2)7-8-16(14)20-17/h3-9,15,17-18H,10H2,1-2H3. The van der Waals surface area contributed by atoms with Crippen molar-refractivity contribution >= 4 is 0 Å². The summed E-state index contributed by atoms with van der Waals surface area (Å²) in [6.07, 6.45) is -0.0732. The number of aliphatic hydroxyl groups is 1. The summed E-state index contributed by atoms with van der Waals surface area (Å²) in [5.41, 5.74) is 3.11. The summed E-state index contributed by atoms with van der Waals surface area (Å²) in [7, 11) is 1.62. The number of aryl methyl sites for hydroxylation is 1. The molecule has 2 aromatic carbocycles. The highest BCUT2D eigenvalue weighted by Gasteiger charge is 2.29. The molecule has 3 heteroatoms. The molecule has 2 atom stereocenters. The molecule has 0 aliphatic carbocycles.